The molecule has 39 heavy (non-hydrogen) atoms. The number of piperidine rings is 1. The monoisotopic (exact) mass is 546 g/mol. The number of aliphatic hydroxyl groups is 1. The molecule has 4 aromatic heterocycles. The van der Waals surface area contributed by atoms with Crippen molar-refractivity contribution in [1.29, 1.82) is 0 Å². The van der Waals surface area contributed by atoms with Crippen molar-refractivity contribution < 1.29 is 13.5 Å². The zero-order valence-electron chi connectivity index (χ0n) is 21.1. The molecule has 0 aromatic carbocycles. The lowest BCUT2D eigenvalue weighted by Crippen LogP contribution is -2.34. The lowest BCUT2D eigenvalue weighted by Gasteiger charge is -2.28. The maximum atomic E-state index is 12.5. The second-order valence-corrected chi connectivity index (χ2v) is 11.6. The molecular weight excluding hydrogens is 520 g/mol. The molecule has 13 nitrogen and oxygen atoms in total. The third kappa shape index (κ3) is 5.51. The number of aliphatic hydroxyl groups excluding tert-OH is 1. The van der Waals surface area contributed by atoms with Gasteiger partial charge in [0.2, 0.25) is 5.82 Å². The van der Waals surface area contributed by atoms with Gasteiger partial charge < -0.3 is 15.7 Å². The van der Waals surface area contributed by atoms with Crippen molar-refractivity contribution in [3.63, 3.8) is 0 Å². The summed E-state index contributed by atoms with van der Waals surface area (Å²) in [6.07, 6.45) is 9.86. The smallest absolute Gasteiger partial charge is 0.256 e. The summed E-state index contributed by atoms with van der Waals surface area (Å²) in [6.45, 7) is 0.686. The average molecular weight is 547 g/mol. The third-order valence-electron chi connectivity index (χ3n) is 6.53. The zero-order valence-corrected chi connectivity index (χ0v) is 21.9. The quantitative estimate of drug-likeness (QED) is 0.297. The number of hydrogen-bond donors (Lipinski definition) is 3. The molecule has 1 saturated carbocycles. The summed E-state index contributed by atoms with van der Waals surface area (Å²) in [7, 11) is -1.70. The Hall–Kier alpha value is -4.19. The second kappa shape index (κ2) is 10.2. The summed E-state index contributed by atoms with van der Waals surface area (Å²) >= 11 is 0. The Morgan fingerprint density at radius 3 is 2.77 bits per heavy atom. The van der Waals surface area contributed by atoms with Gasteiger partial charge in [0.1, 0.15) is 18.0 Å². The molecule has 14 heteroatoms. The van der Waals surface area contributed by atoms with Crippen LogP contribution in [0.1, 0.15) is 48.7 Å². The minimum atomic E-state index is -3.48. The molecule has 200 valence electrons. The first-order valence-electron chi connectivity index (χ1n) is 12.5. The molecule has 3 N–H and O–H groups in total. The van der Waals surface area contributed by atoms with E-state index in [1.165, 1.54) is 12.4 Å². The van der Waals surface area contributed by atoms with Gasteiger partial charge in [0.25, 0.3) is 10.0 Å². The van der Waals surface area contributed by atoms with Gasteiger partial charge in [-0.3, -0.25) is 4.68 Å². The first-order chi connectivity index (χ1) is 18.8. The standard InChI is InChI=1S/C25H26N10O3S/c1-34-15-29-22(33-34)5-2-16-12-28-24(11-20(16)21-10-18(36)6-8-26-21)31-23-7-9-27-25(32-23)17-13-30-35(14-17)39(37,38)19-3-4-19/h7,9,11-15,18-19,21,26,36H,3-4,6,8,10H2,1H3,(H,27,28,31,32). The summed E-state index contributed by atoms with van der Waals surface area (Å²) in [4.78, 5) is 17.5. The van der Waals surface area contributed by atoms with Gasteiger partial charge in [-0.2, -0.15) is 9.19 Å². The van der Waals surface area contributed by atoms with Gasteiger partial charge in [-0.1, -0.05) is 5.92 Å². The van der Waals surface area contributed by atoms with E-state index in [1.807, 2.05) is 6.07 Å². The molecule has 6 rings (SSSR count). The maximum absolute atomic E-state index is 12.5. The van der Waals surface area contributed by atoms with E-state index in [0.29, 0.717) is 66.6 Å². The normalized spacial score (nSPS) is 19.3. The third-order valence-corrected chi connectivity index (χ3v) is 8.57. The van der Waals surface area contributed by atoms with E-state index in [2.05, 4.69) is 52.6 Å². The van der Waals surface area contributed by atoms with E-state index in [-0.39, 0.29) is 11.3 Å². The average Bonchev–Trinajstić information content (AvgIpc) is 3.53. The molecule has 0 spiro atoms. The number of hydrogen-bond acceptors (Lipinski definition) is 11. The second-order valence-electron chi connectivity index (χ2n) is 9.57. The molecule has 1 aliphatic heterocycles. The van der Waals surface area contributed by atoms with Crippen molar-refractivity contribution in [3.05, 3.63) is 60.2 Å². The number of pyridine rings is 1. The fourth-order valence-corrected chi connectivity index (χ4v) is 5.84. The number of aryl methyl sites for hydroxylation is 1. The van der Waals surface area contributed by atoms with E-state index in [1.54, 1.807) is 36.5 Å². The molecule has 0 amide bonds. The van der Waals surface area contributed by atoms with Crippen LogP contribution in [0.3, 0.4) is 0 Å². The highest BCUT2D eigenvalue weighted by Crippen LogP contribution is 2.31. The Morgan fingerprint density at radius 2 is 2.00 bits per heavy atom. The number of anilines is 2. The first kappa shape index (κ1) is 25.1. The Morgan fingerprint density at radius 1 is 1.13 bits per heavy atom. The molecule has 2 atom stereocenters. The summed E-state index contributed by atoms with van der Waals surface area (Å²) in [6, 6.07) is 3.46. The van der Waals surface area contributed by atoms with Gasteiger partial charge in [0.15, 0.2) is 5.82 Å². The Bertz CT molecular complexity index is 1680. The summed E-state index contributed by atoms with van der Waals surface area (Å²) in [5.41, 5.74) is 2.08. The highest BCUT2D eigenvalue weighted by molar-refractivity contribution is 7.90. The van der Waals surface area contributed by atoms with Crippen LogP contribution in [0.15, 0.2) is 43.2 Å². The van der Waals surface area contributed by atoms with Gasteiger partial charge in [0, 0.05) is 31.0 Å². The predicted octanol–water partition coefficient (Wildman–Crippen LogP) is 1.13. The van der Waals surface area contributed by atoms with E-state index in [9.17, 15) is 13.5 Å². The number of aromatic nitrogens is 8. The van der Waals surface area contributed by atoms with Crippen LogP contribution < -0.4 is 10.6 Å². The minimum Gasteiger partial charge on any atom is -0.393 e. The first-order valence-corrected chi connectivity index (χ1v) is 14.0. The van der Waals surface area contributed by atoms with Crippen molar-refractivity contribution in [3.8, 4) is 23.2 Å². The largest absolute Gasteiger partial charge is 0.393 e. The van der Waals surface area contributed by atoms with Crippen LogP contribution in [-0.4, -0.2) is 70.3 Å². The van der Waals surface area contributed by atoms with Crippen molar-refractivity contribution in [2.24, 2.45) is 7.05 Å². The minimum absolute atomic E-state index is 0.112. The van der Waals surface area contributed by atoms with Crippen LogP contribution in [0.4, 0.5) is 11.6 Å². The topological polar surface area (TPSA) is 166 Å². The van der Waals surface area contributed by atoms with Crippen LogP contribution in [0.25, 0.3) is 11.4 Å². The number of rotatable bonds is 6. The molecule has 5 heterocycles. The summed E-state index contributed by atoms with van der Waals surface area (Å²) in [5.74, 6) is 7.84. The van der Waals surface area contributed by atoms with Gasteiger partial charge in [-0.15, -0.1) is 5.10 Å². The van der Waals surface area contributed by atoms with Crippen LogP contribution in [0, 0.1) is 11.8 Å². The van der Waals surface area contributed by atoms with Crippen LogP contribution >= 0.6 is 0 Å². The van der Waals surface area contributed by atoms with Crippen molar-refractivity contribution in [2.75, 3.05) is 11.9 Å². The molecule has 0 radical (unpaired) electrons. The fraction of sp³-hybridized carbons (Fsp3) is 0.360. The molecule has 1 saturated heterocycles. The van der Waals surface area contributed by atoms with Gasteiger partial charge in [-0.25, -0.2) is 28.4 Å². The van der Waals surface area contributed by atoms with Gasteiger partial charge >= 0.3 is 0 Å². The molecule has 2 aliphatic rings. The molecule has 1 aliphatic carbocycles. The lowest BCUT2D eigenvalue weighted by molar-refractivity contribution is 0.116. The van der Waals surface area contributed by atoms with Crippen LogP contribution in [0.2, 0.25) is 0 Å². The zero-order chi connectivity index (χ0) is 27.0. The molecule has 2 unspecified atom stereocenters. The SMILES string of the molecule is Cn1cnc(C#Cc2cnc(Nc3ccnc(-c4cnn(S(=O)(=O)C5CC5)c4)n3)cc2C2CC(O)CCN2)n1. The number of nitrogens with one attached hydrogen (secondary N) is 2. The van der Waals surface area contributed by atoms with E-state index >= 15 is 0 Å². The van der Waals surface area contributed by atoms with Gasteiger partial charge in [-0.05, 0) is 55.8 Å². The van der Waals surface area contributed by atoms with Crippen LogP contribution in [-0.2, 0) is 17.1 Å². The van der Waals surface area contributed by atoms with E-state index in [0.717, 1.165) is 9.65 Å². The highest BCUT2D eigenvalue weighted by atomic mass is 32.2. The Labute approximate surface area is 224 Å². The maximum Gasteiger partial charge on any atom is 0.256 e. The highest BCUT2D eigenvalue weighted by Gasteiger charge is 2.37. The predicted molar refractivity (Wildman–Crippen MR) is 141 cm³/mol. The van der Waals surface area contributed by atoms with Crippen molar-refractivity contribution in [1.82, 2.24) is 44.2 Å². The Kier molecular flexibility index (Phi) is 6.55. The lowest BCUT2D eigenvalue weighted by atomic mass is 9.93. The van der Waals surface area contributed by atoms with E-state index < -0.39 is 16.1 Å². The molecule has 4 aromatic rings. The van der Waals surface area contributed by atoms with Crippen molar-refractivity contribution in [2.45, 2.75) is 43.1 Å². The summed E-state index contributed by atoms with van der Waals surface area (Å²) < 4.78 is 27.6. The summed E-state index contributed by atoms with van der Waals surface area (Å²) in [5, 5.41) is 24.8. The van der Waals surface area contributed by atoms with Crippen molar-refractivity contribution >= 4 is 21.7 Å². The molecular formula is C25H26N10O3S. The molecule has 2 fully saturated rings. The van der Waals surface area contributed by atoms with E-state index in [4.69, 9.17) is 0 Å². The fourth-order valence-electron chi connectivity index (χ4n) is 4.36. The van der Waals surface area contributed by atoms with Crippen LogP contribution in [0.5, 0.6) is 0 Å². The Balaban J connectivity index is 1.27. The molecule has 0 bridgehead atoms. The number of nitrogens with zero attached hydrogens (tertiary/aromatic N) is 8. The van der Waals surface area contributed by atoms with Gasteiger partial charge in [0.05, 0.1) is 29.3 Å².